The van der Waals surface area contributed by atoms with Crippen molar-refractivity contribution in [2.24, 2.45) is 27.6 Å². The smallest absolute Gasteiger partial charge is 0.0693 e. The van der Waals surface area contributed by atoms with Crippen molar-refractivity contribution in [3.8, 4) is 0 Å². The molecule has 1 aliphatic rings. The molecule has 2 rings (SSSR count). The molecule has 1 aliphatic carbocycles. The minimum atomic E-state index is 0.248. The number of nitrogens with two attached hydrogens (primary N) is 1. The van der Waals surface area contributed by atoms with Crippen LogP contribution in [0, 0.1) is 11.8 Å². The molecular weight excluding hydrogens is 445 g/mol. The maximum atomic E-state index is 5.89. The second-order valence-electron chi connectivity index (χ2n) is 9.59. The Balaban J connectivity index is 2.55. The van der Waals surface area contributed by atoms with Crippen LogP contribution >= 0.6 is 8.86 Å². The van der Waals surface area contributed by atoms with Crippen LogP contribution in [0.15, 0.2) is 69.3 Å². The van der Waals surface area contributed by atoms with E-state index in [1.807, 2.05) is 25.0 Å². The van der Waals surface area contributed by atoms with Crippen LogP contribution in [0.3, 0.4) is 0 Å². The number of aliphatic imine (C=N–C) groups is 2. The number of allylic oxidation sites excluding steroid dienone is 5. The number of rotatable bonds is 13. The van der Waals surface area contributed by atoms with E-state index in [0.717, 1.165) is 47.5 Å². The van der Waals surface area contributed by atoms with E-state index < -0.39 is 0 Å². The molecule has 1 unspecified atom stereocenters. The molecule has 0 spiro atoms. The van der Waals surface area contributed by atoms with Gasteiger partial charge in [-0.15, -0.1) is 8.86 Å². The summed E-state index contributed by atoms with van der Waals surface area (Å²) in [6.45, 7) is 17.7. The molecule has 0 aromatic heterocycles. The predicted octanol–water partition coefficient (Wildman–Crippen LogP) is 8.00. The first kappa shape index (κ1) is 28.9. The molecule has 4 heteroatoms. The molecule has 188 valence electrons. The number of nitrogens with zero attached hydrogens (tertiary/aromatic N) is 2. The molecule has 0 aliphatic heterocycles. The average molecular weight is 490 g/mol. The monoisotopic (exact) mass is 489 g/mol. The summed E-state index contributed by atoms with van der Waals surface area (Å²) in [5.41, 5.74) is 16.3. The van der Waals surface area contributed by atoms with Crippen LogP contribution < -0.4 is 5.73 Å². The number of benzene rings is 1. The van der Waals surface area contributed by atoms with Crippen molar-refractivity contribution in [3.63, 3.8) is 0 Å². The van der Waals surface area contributed by atoms with Gasteiger partial charge in [0.15, 0.2) is 0 Å². The van der Waals surface area contributed by atoms with E-state index in [1.165, 1.54) is 35.1 Å². The Morgan fingerprint density at radius 2 is 1.94 bits per heavy atom. The maximum absolute atomic E-state index is 5.89. The van der Waals surface area contributed by atoms with Crippen LogP contribution in [-0.2, 0) is 6.42 Å². The largest absolute Gasteiger partial charge is 0.326 e. The summed E-state index contributed by atoms with van der Waals surface area (Å²) in [7, 11) is 3.58. The fourth-order valence-electron chi connectivity index (χ4n) is 3.85. The summed E-state index contributed by atoms with van der Waals surface area (Å²) in [5.74, 6) is 2.85. The second kappa shape index (κ2) is 14.3. The third kappa shape index (κ3) is 8.67. The Kier molecular flexibility index (Phi) is 11.8. The van der Waals surface area contributed by atoms with Crippen molar-refractivity contribution in [1.82, 2.24) is 0 Å². The van der Waals surface area contributed by atoms with E-state index in [0.29, 0.717) is 12.5 Å². The molecule has 3 nitrogen and oxygen atoms in total. The molecule has 1 aromatic rings. The third-order valence-corrected chi connectivity index (χ3v) is 7.08. The van der Waals surface area contributed by atoms with E-state index in [4.69, 9.17) is 15.7 Å². The zero-order valence-electron chi connectivity index (χ0n) is 22.6. The van der Waals surface area contributed by atoms with Crippen molar-refractivity contribution >= 4 is 32.3 Å². The van der Waals surface area contributed by atoms with Crippen molar-refractivity contribution in [3.05, 3.63) is 76.0 Å². The lowest BCUT2D eigenvalue weighted by Crippen LogP contribution is -2.08. The van der Waals surface area contributed by atoms with Gasteiger partial charge in [-0.1, -0.05) is 57.2 Å². The lowest BCUT2D eigenvalue weighted by molar-refractivity contribution is 0.666. The Hall–Kier alpha value is -2.35. The van der Waals surface area contributed by atoms with E-state index >= 15 is 0 Å². The second-order valence-corrected chi connectivity index (χ2v) is 9.88. The molecule has 0 saturated heterocycles. The van der Waals surface area contributed by atoms with Gasteiger partial charge in [0.05, 0.1) is 5.70 Å². The molecule has 35 heavy (non-hydrogen) atoms. The lowest BCUT2D eigenvalue weighted by Gasteiger charge is -2.19. The Morgan fingerprint density at radius 1 is 1.23 bits per heavy atom. The first-order valence-corrected chi connectivity index (χ1v) is 13.5. The molecular formula is C31H44N3P. The lowest BCUT2D eigenvalue weighted by atomic mass is 9.90. The van der Waals surface area contributed by atoms with Crippen LogP contribution in [0.1, 0.15) is 83.9 Å². The van der Waals surface area contributed by atoms with E-state index in [1.54, 1.807) is 0 Å². The van der Waals surface area contributed by atoms with Crippen molar-refractivity contribution in [2.75, 3.05) is 6.54 Å². The van der Waals surface area contributed by atoms with Crippen LogP contribution in [0.5, 0.6) is 0 Å². The first-order valence-electron chi connectivity index (χ1n) is 12.9. The quantitative estimate of drug-likeness (QED) is 0.170. The Morgan fingerprint density at radius 3 is 2.49 bits per heavy atom. The topological polar surface area (TPSA) is 50.7 Å². The van der Waals surface area contributed by atoms with Crippen LogP contribution in [0.2, 0.25) is 0 Å². The van der Waals surface area contributed by atoms with Crippen LogP contribution in [0.4, 0.5) is 0 Å². The van der Waals surface area contributed by atoms with Gasteiger partial charge in [0.1, 0.15) is 0 Å². The van der Waals surface area contributed by atoms with Crippen molar-refractivity contribution in [2.45, 2.75) is 73.6 Å². The van der Waals surface area contributed by atoms with Crippen LogP contribution in [-0.4, -0.2) is 24.3 Å². The van der Waals surface area contributed by atoms with Gasteiger partial charge in [-0.05, 0) is 92.9 Å². The van der Waals surface area contributed by atoms with Crippen LogP contribution in [0.25, 0.3) is 5.70 Å². The van der Waals surface area contributed by atoms with Gasteiger partial charge in [0.2, 0.25) is 0 Å². The Bertz CT molecular complexity index is 1060. The number of hydrogen-bond acceptors (Lipinski definition) is 3. The summed E-state index contributed by atoms with van der Waals surface area (Å²) >= 11 is 0. The normalized spacial score (nSPS) is 16.9. The van der Waals surface area contributed by atoms with Crippen molar-refractivity contribution < 1.29 is 0 Å². The highest BCUT2D eigenvalue weighted by atomic mass is 31.0. The average Bonchev–Trinajstić information content (AvgIpc) is 3.72. The molecule has 0 bridgehead atoms. The first-order chi connectivity index (χ1) is 16.8. The van der Waals surface area contributed by atoms with E-state index in [9.17, 15) is 0 Å². The summed E-state index contributed by atoms with van der Waals surface area (Å²) in [6, 6.07) is 6.60. The molecule has 0 radical (unpaired) electrons. The minimum Gasteiger partial charge on any atom is -0.326 e. The van der Waals surface area contributed by atoms with E-state index in [-0.39, 0.29) is 5.92 Å². The van der Waals surface area contributed by atoms with Gasteiger partial charge >= 0.3 is 0 Å². The third-order valence-electron chi connectivity index (χ3n) is 6.75. The highest BCUT2D eigenvalue weighted by Crippen LogP contribution is 2.37. The molecule has 1 atom stereocenters. The fraction of sp³-hybridized carbons (Fsp3) is 0.452. The summed E-state index contributed by atoms with van der Waals surface area (Å²) < 4.78 is 0. The summed E-state index contributed by atoms with van der Waals surface area (Å²) in [5, 5.41) is 0. The summed E-state index contributed by atoms with van der Waals surface area (Å²) in [6.07, 6.45) is 11.4. The molecule has 0 amide bonds. The van der Waals surface area contributed by atoms with E-state index in [2.05, 4.69) is 74.3 Å². The summed E-state index contributed by atoms with van der Waals surface area (Å²) in [4.78, 5) is 9.97. The standard InChI is InChI=1S/C31H44N3P/c1-8-21(4)31(33-19-25(10-3)18-32)29-14-11-26(20-35)17-28(29)15-23(6)30(34-24(7)9-2)16-22(5)27-12-13-27/h10-11,14,16-17,19-20,23,27,35H,5,8-9,12-13,15,18,32H2,1-4,6-7H3/b25-10-,30-16-,31-21-,33-19-,34-24-. The zero-order chi connectivity index (χ0) is 26.0. The van der Waals surface area contributed by atoms with Gasteiger partial charge in [-0.3, -0.25) is 9.98 Å². The highest BCUT2D eigenvalue weighted by molar-refractivity contribution is 7.19. The maximum Gasteiger partial charge on any atom is 0.0693 e. The van der Waals surface area contributed by atoms with Gasteiger partial charge in [-0.25, -0.2) is 0 Å². The molecule has 2 N–H and O–H groups in total. The van der Waals surface area contributed by atoms with Gasteiger partial charge < -0.3 is 5.73 Å². The van der Waals surface area contributed by atoms with Gasteiger partial charge in [-0.2, -0.15) is 0 Å². The molecule has 1 aromatic carbocycles. The molecule has 1 saturated carbocycles. The van der Waals surface area contributed by atoms with Gasteiger partial charge in [0.25, 0.3) is 0 Å². The Labute approximate surface area is 216 Å². The SMILES string of the molecule is C=C(/C=C(\N=C(\C)CC)C(C)Cc1cc(C=P)ccc1C(/N=C\C(=C/C)CN)=C(\C)CC)C1CC1. The number of hydrogen-bond donors (Lipinski definition) is 1. The molecule has 0 heterocycles. The molecule has 1 fully saturated rings. The van der Waals surface area contributed by atoms with Gasteiger partial charge in [0, 0.05) is 35.6 Å². The van der Waals surface area contributed by atoms with Crippen molar-refractivity contribution in [1.29, 1.82) is 0 Å². The zero-order valence-corrected chi connectivity index (χ0v) is 23.6. The predicted molar refractivity (Wildman–Crippen MR) is 160 cm³/mol. The fourth-order valence-corrected chi connectivity index (χ4v) is 4.03. The minimum absolute atomic E-state index is 0.248. The highest BCUT2D eigenvalue weighted by Gasteiger charge is 2.24.